The molecule has 3 unspecified atom stereocenters. The van der Waals surface area contributed by atoms with Gasteiger partial charge in [0.15, 0.2) is 5.82 Å². The van der Waals surface area contributed by atoms with E-state index in [2.05, 4.69) is 30.6 Å². The van der Waals surface area contributed by atoms with Crippen LogP contribution in [0.1, 0.15) is 31.5 Å². The molecule has 3 atom stereocenters. The Hall–Kier alpha value is -2.17. The lowest BCUT2D eigenvalue weighted by Crippen LogP contribution is -2.44. The number of hydrogen-bond donors (Lipinski definition) is 2. The van der Waals surface area contributed by atoms with Crippen molar-refractivity contribution in [1.82, 2.24) is 24.6 Å². The van der Waals surface area contributed by atoms with E-state index in [0.717, 1.165) is 25.2 Å². The molecule has 9 nitrogen and oxygen atoms in total. The fourth-order valence-corrected chi connectivity index (χ4v) is 4.14. The highest BCUT2D eigenvalue weighted by molar-refractivity contribution is 6.32. The molecule has 2 aliphatic rings. The highest BCUT2D eigenvalue weighted by atomic mass is 35.5. The number of methoxy groups -OCH3 is 1. The molecule has 31 heavy (non-hydrogen) atoms. The average Bonchev–Trinajstić information content (AvgIpc) is 3.03. The summed E-state index contributed by atoms with van der Waals surface area (Å²) in [5, 5.41) is 11.6. The molecule has 1 saturated heterocycles. The van der Waals surface area contributed by atoms with Crippen molar-refractivity contribution in [2.24, 2.45) is 0 Å². The third kappa shape index (κ3) is 4.86. The summed E-state index contributed by atoms with van der Waals surface area (Å²) in [5.41, 5.74) is 1.44. The van der Waals surface area contributed by atoms with E-state index >= 15 is 4.39 Å². The Bertz CT molecular complexity index is 912. The fraction of sp³-hybridized carbons (Fsp3) is 0.650. The minimum atomic E-state index is -1.04. The Morgan fingerprint density at radius 2 is 2.23 bits per heavy atom. The van der Waals surface area contributed by atoms with Crippen molar-refractivity contribution in [3.05, 3.63) is 16.9 Å². The lowest BCUT2D eigenvalue weighted by Gasteiger charge is -2.35. The van der Waals surface area contributed by atoms with Crippen molar-refractivity contribution in [2.75, 3.05) is 50.6 Å². The number of nitrogens with one attached hydrogen (secondary N) is 2. The number of halogens is 2. The summed E-state index contributed by atoms with van der Waals surface area (Å²) in [4.78, 5) is 10.9. The van der Waals surface area contributed by atoms with E-state index in [1.165, 1.54) is 0 Å². The van der Waals surface area contributed by atoms with Gasteiger partial charge in [-0.15, -0.1) is 5.10 Å². The molecule has 1 fully saturated rings. The standard InChI is InChI=1S/C20H29ClFN7O2/c1-12-5-8-31-19-17(25-20-23-10-14(21)18(24-12)26-20)13(2)29(27-19)16-4-6-28(7-9-30-3)11-15(16)22/h10,12,15-16H,4-9,11H2,1-3H3,(H2,23,24,25,26). The van der Waals surface area contributed by atoms with E-state index in [0.29, 0.717) is 54.5 Å². The Morgan fingerprint density at radius 1 is 1.39 bits per heavy atom. The number of likely N-dealkylation sites (tertiary alicyclic amines) is 1. The van der Waals surface area contributed by atoms with Gasteiger partial charge in [0.25, 0.3) is 5.88 Å². The van der Waals surface area contributed by atoms with Crippen LogP contribution < -0.4 is 15.4 Å². The monoisotopic (exact) mass is 453 g/mol. The molecular weight excluding hydrogens is 425 g/mol. The van der Waals surface area contributed by atoms with E-state index in [-0.39, 0.29) is 12.1 Å². The van der Waals surface area contributed by atoms with Gasteiger partial charge >= 0.3 is 0 Å². The minimum Gasteiger partial charge on any atom is -0.475 e. The van der Waals surface area contributed by atoms with E-state index in [9.17, 15) is 0 Å². The lowest BCUT2D eigenvalue weighted by atomic mass is 10.0. The van der Waals surface area contributed by atoms with Crippen LogP contribution in [-0.2, 0) is 4.74 Å². The first-order valence-electron chi connectivity index (χ1n) is 10.6. The van der Waals surface area contributed by atoms with Crippen LogP contribution in [0.4, 0.5) is 21.8 Å². The minimum absolute atomic E-state index is 0.0941. The van der Waals surface area contributed by atoms with Gasteiger partial charge in [-0.2, -0.15) is 4.98 Å². The molecule has 2 aliphatic heterocycles. The number of piperidine rings is 1. The zero-order valence-corrected chi connectivity index (χ0v) is 18.8. The van der Waals surface area contributed by atoms with Gasteiger partial charge in [-0.25, -0.2) is 9.37 Å². The van der Waals surface area contributed by atoms with Crippen LogP contribution in [0.15, 0.2) is 6.20 Å². The van der Waals surface area contributed by atoms with Crippen LogP contribution in [0, 0.1) is 6.92 Å². The summed E-state index contributed by atoms with van der Waals surface area (Å²) in [6.45, 7) is 6.87. The van der Waals surface area contributed by atoms with Gasteiger partial charge in [0, 0.05) is 39.2 Å². The van der Waals surface area contributed by atoms with E-state index in [1.807, 2.05) is 13.8 Å². The number of hydrogen-bond acceptors (Lipinski definition) is 8. The molecule has 2 bridgehead atoms. The van der Waals surface area contributed by atoms with Gasteiger partial charge < -0.3 is 20.1 Å². The molecule has 170 valence electrons. The predicted molar refractivity (Wildman–Crippen MR) is 117 cm³/mol. The fourth-order valence-electron chi connectivity index (χ4n) is 3.99. The highest BCUT2D eigenvalue weighted by Gasteiger charge is 2.33. The quantitative estimate of drug-likeness (QED) is 0.729. The van der Waals surface area contributed by atoms with E-state index in [1.54, 1.807) is 18.0 Å². The molecule has 0 amide bonds. The predicted octanol–water partition coefficient (Wildman–Crippen LogP) is 3.19. The molecule has 0 aliphatic carbocycles. The number of rotatable bonds is 4. The Morgan fingerprint density at radius 3 is 3.00 bits per heavy atom. The Kier molecular flexibility index (Phi) is 6.78. The number of nitrogens with zero attached hydrogens (tertiary/aromatic N) is 5. The van der Waals surface area contributed by atoms with Crippen molar-refractivity contribution in [1.29, 1.82) is 0 Å². The van der Waals surface area contributed by atoms with Crippen molar-refractivity contribution in [3.8, 4) is 5.88 Å². The van der Waals surface area contributed by atoms with Crippen molar-refractivity contribution < 1.29 is 13.9 Å². The Labute approximate surface area is 186 Å². The maximum atomic E-state index is 15.1. The van der Waals surface area contributed by atoms with Gasteiger partial charge in [-0.05, 0) is 20.3 Å². The smallest absolute Gasteiger partial charge is 0.257 e. The molecule has 4 rings (SSSR count). The van der Waals surface area contributed by atoms with Gasteiger partial charge in [0.2, 0.25) is 5.95 Å². The topological polar surface area (TPSA) is 89.4 Å². The summed E-state index contributed by atoms with van der Waals surface area (Å²) >= 11 is 6.24. The maximum Gasteiger partial charge on any atom is 0.257 e. The van der Waals surface area contributed by atoms with Crippen LogP contribution in [0.2, 0.25) is 5.02 Å². The zero-order chi connectivity index (χ0) is 22.0. The second-order valence-corrected chi connectivity index (χ2v) is 8.48. The molecular formula is C20H29ClFN7O2. The summed E-state index contributed by atoms with van der Waals surface area (Å²) < 4.78 is 28.0. The van der Waals surface area contributed by atoms with Crippen LogP contribution in [0.5, 0.6) is 5.88 Å². The molecule has 0 radical (unpaired) electrons. The van der Waals surface area contributed by atoms with Crippen LogP contribution >= 0.6 is 11.6 Å². The van der Waals surface area contributed by atoms with Crippen molar-refractivity contribution in [2.45, 2.75) is 44.9 Å². The number of aromatic nitrogens is 4. The van der Waals surface area contributed by atoms with Gasteiger partial charge in [0.05, 0.1) is 31.1 Å². The molecule has 2 aromatic rings. The summed E-state index contributed by atoms with van der Waals surface area (Å²) in [6, 6.07) is -0.261. The van der Waals surface area contributed by atoms with Crippen molar-refractivity contribution in [3.63, 3.8) is 0 Å². The number of fused-ring (bicyclic) bond motifs is 3. The average molecular weight is 454 g/mol. The highest BCUT2D eigenvalue weighted by Crippen LogP contribution is 2.36. The molecule has 2 aromatic heterocycles. The van der Waals surface area contributed by atoms with Crippen molar-refractivity contribution >= 4 is 29.1 Å². The first-order chi connectivity index (χ1) is 15.0. The lowest BCUT2D eigenvalue weighted by molar-refractivity contribution is 0.0622. The van der Waals surface area contributed by atoms with E-state index < -0.39 is 6.17 Å². The van der Waals surface area contributed by atoms with Gasteiger partial charge in [0.1, 0.15) is 16.9 Å². The normalized spacial score (nSPS) is 24.4. The second-order valence-electron chi connectivity index (χ2n) is 8.07. The largest absolute Gasteiger partial charge is 0.475 e. The van der Waals surface area contributed by atoms with Crippen LogP contribution in [-0.4, -0.2) is 76.8 Å². The molecule has 0 aromatic carbocycles. The summed E-state index contributed by atoms with van der Waals surface area (Å²) in [6.07, 6.45) is 1.91. The van der Waals surface area contributed by atoms with Crippen LogP contribution in [0.25, 0.3) is 0 Å². The maximum absolute atomic E-state index is 15.1. The number of ether oxygens (including phenoxy) is 2. The summed E-state index contributed by atoms with van der Waals surface area (Å²) in [7, 11) is 1.66. The van der Waals surface area contributed by atoms with E-state index in [4.69, 9.17) is 21.1 Å². The summed E-state index contributed by atoms with van der Waals surface area (Å²) in [5.74, 6) is 1.37. The molecule has 0 saturated carbocycles. The first kappa shape index (κ1) is 22.0. The third-order valence-electron chi connectivity index (χ3n) is 5.79. The number of anilines is 3. The zero-order valence-electron chi connectivity index (χ0n) is 18.1. The Balaban J connectivity index is 1.61. The second kappa shape index (κ2) is 9.54. The molecule has 4 heterocycles. The molecule has 11 heteroatoms. The van der Waals surface area contributed by atoms with Gasteiger partial charge in [-0.1, -0.05) is 11.6 Å². The first-order valence-corrected chi connectivity index (χ1v) is 11.0. The SMILES string of the molecule is COCCN1CCC(n2nc3c(c2C)Nc2ncc(Cl)c(n2)NC(C)CCO3)C(F)C1. The van der Waals surface area contributed by atoms with Gasteiger partial charge in [-0.3, -0.25) is 9.58 Å². The third-order valence-corrected chi connectivity index (χ3v) is 6.07. The molecule has 0 spiro atoms. The number of alkyl halides is 1. The van der Waals surface area contributed by atoms with Crippen LogP contribution in [0.3, 0.4) is 0 Å². The molecule has 2 N–H and O–H groups in total.